The van der Waals surface area contributed by atoms with E-state index in [0.29, 0.717) is 25.1 Å². The summed E-state index contributed by atoms with van der Waals surface area (Å²) in [6.07, 6.45) is 1.53. The second-order valence-corrected chi connectivity index (χ2v) is 7.30. The van der Waals surface area contributed by atoms with Crippen molar-refractivity contribution in [1.29, 1.82) is 0 Å². The zero-order valence-electron chi connectivity index (χ0n) is 16.7. The van der Waals surface area contributed by atoms with Crippen LogP contribution in [-0.2, 0) is 17.9 Å². The van der Waals surface area contributed by atoms with Crippen molar-refractivity contribution in [3.05, 3.63) is 95.6 Å². The van der Waals surface area contributed by atoms with Gasteiger partial charge in [0.05, 0.1) is 0 Å². The van der Waals surface area contributed by atoms with Gasteiger partial charge < -0.3 is 15.0 Å². The van der Waals surface area contributed by atoms with Crippen molar-refractivity contribution in [3.63, 3.8) is 0 Å². The van der Waals surface area contributed by atoms with E-state index in [1.54, 1.807) is 12.1 Å². The number of carbonyl (C=O) groups excluding carboxylic acids is 2. The van der Waals surface area contributed by atoms with Crippen molar-refractivity contribution in [2.24, 2.45) is 0 Å². The fourth-order valence-electron chi connectivity index (χ4n) is 3.44. The molecule has 0 radical (unpaired) electrons. The molecule has 3 aromatic carbocycles. The number of nitrogens with zero attached hydrogens (tertiary/aromatic N) is 1. The lowest BCUT2D eigenvalue weighted by molar-refractivity contribution is -0.117. The molecule has 0 saturated carbocycles. The molecule has 0 unspecified atom stereocenters. The zero-order chi connectivity index (χ0) is 20.8. The monoisotopic (exact) mass is 400 g/mol. The molecule has 3 aromatic rings. The van der Waals surface area contributed by atoms with E-state index in [2.05, 4.69) is 5.32 Å². The first kappa shape index (κ1) is 19.7. The Hall–Kier alpha value is -3.60. The van der Waals surface area contributed by atoms with Gasteiger partial charge in [0.2, 0.25) is 5.91 Å². The highest BCUT2D eigenvalue weighted by molar-refractivity contribution is 5.95. The van der Waals surface area contributed by atoms with Crippen LogP contribution in [0.4, 0.5) is 5.69 Å². The third-order valence-corrected chi connectivity index (χ3v) is 5.14. The lowest BCUT2D eigenvalue weighted by atomic mass is 10.1. The number of hydrogen-bond donors (Lipinski definition) is 1. The molecule has 1 aliphatic heterocycles. The number of anilines is 1. The average molecular weight is 400 g/mol. The molecule has 0 aromatic heterocycles. The van der Waals surface area contributed by atoms with Gasteiger partial charge in [-0.25, -0.2) is 0 Å². The van der Waals surface area contributed by atoms with Gasteiger partial charge in [-0.2, -0.15) is 0 Å². The van der Waals surface area contributed by atoms with Gasteiger partial charge in [0.1, 0.15) is 12.4 Å². The molecule has 1 N–H and O–H groups in total. The predicted octanol–water partition coefficient (Wildman–Crippen LogP) is 4.32. The smallest absolute Gasteiger partial charge is 0.251 e. The topological polar surface area (TPSA) is 58.6 Å². The van der Waals surface area contributed by atoms with Gasteiger partial charge in [-0.3, -0.25) is 9.59 Å². The van der Waals surface area contributed by atoms with E-state index in [9.17, 15) is 9.59 Å². The minimum absolute atomic E-state index is 0.121. The van der Waals surface area contributed by atoms with Crippen LogP contribution in [0, 0.1) is 0 Å². The van der Waals surface area contributed by atoms with Crippen LogP contribution in [0.2, 0.25) is 0 Å². The third-order valence-electron chi connectivity index (χ3n) is 5.14. The molecule has 5 heteroatoms. The van der Waals surface area contributed by atoms with Crippen LogP contribution in [0.15, 0.2) is 78.9 Å². The van der Waals surface area contributed by atoms with Crippen LogP contribution in [0.25, 0.3) is 0 Å². The van der Waals surface area contributed by atoms with Crippen LogP contribution >= 0.6 is 0 Å². The molecule has 1 heterocycles. The van der Waals surface area contributed by atoms with Crippen molar-refractivity contribution < 1.29 is 14.3 Å². The van der Waals surface area contributed by atoms with Gasteiger partial charge in [-0.05, 0) is 53.9 Å². The summed E-state index contributed by atoms with van der Waals surface area (Å²) in [7, 11) is 0. The Balaban J connectivity index is 1.28. The van der Waals surface area contributed by atoms with E-state index in [1.165, 1.54) is 0 Å². The maximum Gasteiger partial charge on any atom is 0.251 e. The number of ether oxygens (including phenoxy) is 1. The molecule has 2 amide bonds. The Labute approximate surface area is 176 Å². The highest BCUT2D eigenvalue weighted by Crippen LogP contribution is 2.21. The van der Waals surface area contributed by atoms with Crippen molar-refractivity contribution in [1.82, 2.24) is 5.32 Å². The van der Waals surface area contributed by atoms with Crippen LogP contribution in [0.5, 0.6) is 5.75 Å². The largest absolute Gasteiger partial charge is 0.489 e. The molecule has 1 saturated heterocycles. The van der Waals surface area contributed by atoms with Gasteiger partial charge in [-0.15, -0.1) is 0 Å². The standard InChI is InChI=1S/C25H24N2O3/c28-24-7-4-16-27(24)22-14-10-19(11-15-22)17-26-25(29)21-12-8-20(9-13-21)18-30-23-5-2-1-3-6-23/h1-3,5-6,8-15H,4,7,16-18H2,(H,26,29). The highest BCUT2D eigenvalue weighted by atomic mass is 16.5. The first-order valence-corrected chi connectivity index (χ1v) is 10.1. The minimum atomic E-state index is -0.121. The summed E-state index contributed by atoms with van der Waals surface area (Å²) in [4.78, 5) is 26.1. The van der Waals surface area contributed by atoms with Crippen molar-refractivity contribution in [3.8, 4) is 5.75 Å². The van der Waals surface area contributed by atoms with Crippen LogP contribution < -0.4 is 15.0 Å². The van der Waals surface area contributed by atoms with Crippen molar-refractivity contribution in [2.75, 3.05) is 11.4 Å². The fraction of sp³-hybridized carbons (Fsp3) is 0.200. The SMILES string of the molecule is O=C(NCc1ccc(N2CCCC2=O)cc1)c1ccc(COc2ccccc2)cc1. The molecule has 0 spiro atoms. The molecule has 1 fully saturated rings. The summed E-state index contributed by atoms with van der Waals surface area (Å²) < 4.78 is 5.73. The Morgan fingerprint density at radius 1 is 0.900 bits per heavy atom. The number of carbonyl (C=O) groups is 2. The van der Waals surface area contributed by atoms with Gasteiger partial charge in [0.15, 0.2) is 0 Å². The molecular weight excluding hydrogens is 376 g/mol. The van der Waals surface area contributed by atoms with Gasteiger partial charge in [-0.1, -0.05) is 42.5 Å². The molecule has 1 aliphatic rings. The molecule has 5 nitrogen and oxygen atoms in total. The first-order chi connectivity index (χ1) is 14.7. The Bertz CT molecular complexity index is 999. The van der Waals surface area contributed by atoms with Gasteiger partial charge in [0.25, 0.3) is 5.91 Å². The molecule has 0 atom stereocenters. The predicted molar refractivity (Wildman–Crippen MR) is 116 cm³/mol. The molecule has 4 rings (SSSR count). The van der Waals surface area contributed by atoms with Crippen molar-refractivity contribution >= 4 is 17.5 Å². The maximum absolute atomic E-state index is 12.4. The molecule has 152 valence electrons. The number of benzene rings is 3. The summed E-state index contributed by atoms with van der Waals surface area (Å²) in [6.45, 7) is 1.67. The Morgan fingerprint density at radius 2 is 1.60 bits per heavy atom. The van der Waals surface area contributed by atoms with E-state index >= 15 is 0 Å². The second-order valence-electron chi connectivity index (χ2n) is 7.30. The Kier molecular flexibility index (Phi) is 6.09. The van der Waals surface area contributed by atoms with E-state index in [0.717, 1.165) is 35.5 Å². The van der Waals surface area contributed by atoms with Crippen molar-refractivity contribution in [2.45, 2.75) is 26.0 Å². The molecule has 0 bridgehead atoms. The average Bonchev–Trinajstić information content (AvgIpc) is 3.23. The van der Waals surface area contributed by atoms with Crippen LogP contribution in [0.3, 0.4) is 0 Å². The molecular formula is C25H24N2O3. The molecule has 0 aliphatic carbocycles. The lowest BCUT2D eigenvalue weighted by Crippen LogP contribution is -2.24. The summed E-state index contributed by atoms with van der Waals surface area (Å²) >= 11 is 0. The summed E-state index contributed by atoms with van der Waals surface area (Å²) in [6, 6.07) is 24.8. The maximum atomic E-state index is 12.4. The number of hydrogen-bond acceptors (Lipinski definition) is 3. The summed E-state index contributed by atoms with van der Waals surface area (Å²) in [5.74, 6) is 0.873. The number of para-hydroxylation sites is 1. The third kappa shape index (κ3) is 4.87. The quantitative estimate of drug-likeness (QED) is 0.642. The van der Waals surface area contributed by atoms with Crippen LogP contribution in [-0.4, -0.2) is 18.4 Å². The van der Waals surface area contributed by atoms with Crippen LogP contribution in [0.1, 0.15) is 34.3 Å². The number of rotatable bonds is 7. The number of nitrogens with one attached hydrogen (secondary N) is 1. The van der Waals surface area contributed by atoms with E-state index in [-0.39, 0.29) is 11.8 Å². The first-order valence-electron chi connectivity index (χ1n) is 10.1. The van der Waals surface area contributed by atoms with E-state index in [4.69, 9.17) is 4.74 Å². The second kappa shape index (κ2) is 9.27. The summed E-state index contributed by atoms with van der Waals surface area (Å²) in [5.41, 5.74) is 3.52. The molecule has 30 heavy (non-hydrogen) atoms. The highest BCUT2D eigenvalue weighted by Gasteiger charge is 2.21. The van der Waals surface area contributed by atoms with E-state index < -0.39 is 0 Å². The van der Waals surface area contributed by atoms with Gasteiger partial charge in [0, 0.05) is 30.8 Å². The van der Waals surface area contributed by atoms with E-state index in [1.807, 2.05) is 71.6 Å². The number of amides is 2. The Morgan fingerprint density at radius 3 is 2.27 bits per heavy atom. The normalized spacial score (nSPS) is 13.3. The fourth-order valence-corrected chi connectivity index (χ4v) is 3.44. The lowest BCUT2D eigenvalue weighted by Gasteiger charge is -2.16. The summed E-state index contributed by atoms with van der Waals surface area (Å²) in [5, 5.41) is 2.94. The minimum Gasteiger partial charge on any atom is -0.489 e. The zero-order valence-corrected chi connectivity index (χ0v) is 16.7. The van der Waals surface area contributed by atoms with Gasteiger partial charge >= 0.3 is 0 Å².